The van der Waals surface area contributed by atoms with Gasteiger partial charge in [-0.15, -0.1) is 0 Å². The molecule has 16 heavy (non-hydrogen) atoms. The van der Waals surface area contributed by atoms with E-state index in [0.717, 1.165) is 22.0 Å². The van der Waals surface area contributed by atoms with Crippen molar-refractivity contribution in [2.45, 2.75) is 0 Å². The van der Waals surface area contributed by atoms with E-state index in [1.54, 1.807) is 0 Å². The summed E-state index contributed by atoms with van der Waals surface area (Å²) in [4.78, 5) is 2.98. The average molecular weight is 209 g/mol. The van der Waals surface area contributed by atoms with Gasteiger partial charge in [-0.3, -0.25) is 0 Å². The minimum Gasteiger partial charge on any atom is -0.494 e. The van der Waals surface area contributed by atoms with Crippen LogP contribution in [0.2, 0.25) is 0 Å². The highest BCUT2D eigenvalue weighted by atomic mass is 16.3. The molecule has 3 rings (SSSR count). The van der Waals surface area contributed by atoms with E-state index in [2.05, 4.69) is 4.98 Å². The zero-order valence-corrected chi connectivity index (χ0v) is 8.64. The third-order valence-electron chi connectivity index (χ3n) is 2.75. The largest absolute Gasteiger partial charge is 0.494 e. The van der Waals surface area contributed by atoms with E-state index in [4.69, 9.17) is 0 Å². The van der Waals surface area contributed by atoms with E-state index in [-0.39, 0.29) is 5.88 Å². The van der Waals surface area contributed by atoms with Gasteiger partial charge in [-0.2, -0.15) is 0 Å². The molecule has 0 aliphatic rings. The minimum atomic E-state index is 0.229. The first-order valence-corrected chi connectivity index (χ1v) is 5.21. The molecular formula is C14H11NO. The molecule has 1 heterocycles. The second-order valence-electron chi connectivity index (χ2n) is 3.76. The van der Waals surface area contributed by atoms with Crippen LogP contribution in [0.25, 0.3) is 22.0 Å². The quantitative estimate of drug-likeness (QED) is 0.631. The Morgan fingerprint density at radius 1 is 0.812 bits per heavy atom. The number of hydrogen-bond donors (Lipinski definition) is 2. The van der Waals surface area contributed by atoms with Crippen molar-refractivity contribution in [3.63, 3.8) is 0 Å². The standard InChI is InChI=1S/C14H11NO/c16-14-13(10-6-2-1-3-7-10)11-8-4-5-9-12(11)15-14/h1-9,15-16H. The van der Waals surface area contributed by atoms with E-state index in [1.807, 2.05) is 54.6 Å². The van der Waals surface area contributed by atoms with Crippen LogP contribution in [-0.2, 0) is 0 Å². The summed E-state index contributed by atoms with van der Waals surface area (Å²) in [6.07, 6.45) is 0. The molecule has 2 N–H and O–H groups in total. The van der Waals surface area contributed by atoms with E-state index < -0.39 is 0 Å². The summed E-state index contributed by atoms with van der Waals surface area (Å²) in [5, 5.41) is 11.0. The first-order valence-electron chi connectivity index (χ1n) is 5.21. The van der Waals surface area contributed by atoms with Crippen molar-refractivity contribution in [3.05, 3.63) is 54.6 Å². The second-order valence-corrected chi connectivity index (χ2v) is 3.76. The zero-order valence-electron chi connectivity index (χ0n) is 8.64. The summed E-state index contributed by atoms with van der Waals surface area (Å²) >= 11 is 0. The third-order valence-corrected chi connectivity index (χ3v) is 2.75. The maximum atomic E-state index is 9.93. The molecule has 0 saturated heterocycles. The molecule has 0 saturated carbocycles. The van der Waals surface area contributed by atoms with Gasteiger partial charge in [0.15, 0.2) is 5.88 Å². The highest BCUT2D eigenvalue weighted by Crippen LogP contribution is 2.35. The summed E-state index contributed by atoms with van der Waals surface area (Å²) < 4.78 is 0. The monoisotopic (exact) mass is 209 g/mol. The number of aromatic amines is 1. The van der Waals surface area contributed by atoms with Crippen LogP contribution in [0.3, 0.4) is 0 Å². The van der Waals surface area contributed by atoms with Crippen LogP contribution < -0.4 is 0 Å². The van der Waals surface area contributed by atoms with Crippen LogP contribution in [0.4, 0.5) is 0 Å². The SMILES string of the molecule is Oc1[nH]c2ccccc2c1-c1ccccc1. The molecule has 0 spiro atoms. The fourth-order valence-corrected chi connectivity index (χ4v) is 2.02. The van der Waals surface area contributed by atoms with Gasteiger partial charge in [0.25, 0.3) is 0 Å². The van der Waals surface area contributed by atoms with Crippen molar-refractivity contribution >= 4 is 10.9 Å². The summed E-state index contributed by atoms with van der Waals surface area (Å²) in [6.45, 7) is 0. The van der Waals surface area contributed by atoms with Crippen molar-refractivity contribution in [2.75, 3.05) is 0 Å². The zero-order chi connectivity index (χ0) is 11.0. The number of H-pyrrole nitrogens is 1. The van der Waals surface area contributed by atoms with Crippen molar-refractivity contribution < 1.29 is 5.11 Å². The van der Waals surface area contributed by atoms with Crippen molar-refractivity contribution in [2.24, 2.45) is 0 Å². The Morgan fingerprint density at radius 3 is 2.31 bits per heavy atom. The first-order chi connectivity index (χ1) is 7.86. The van der Waals surface area contributed by atoms with Gasteiger partial charge in [0, 0.05) is 10.9 Å². The molecule has 1 aromatic heterocycles. The van der Waals surface area contributed by atoms with Crippen LogP contribution in [0.15, 0.2) is 54.6 Å². The normalized spacial score (nSPS) is 10.8. The Kier molecular flexibility index (Phi) is 1.93. The van der Waals surface area contributed by atoms with Crippen LogP contribution in [0.1, 0.15) is 0 Å². The molecule has 3 aromatic rings. The molecule has 0 fully saturated rings. The minimum absolute atomic E-state index is 0.229. The molecule has 0 atom stereocenters. The fraction of sp³-hybridized carbons (Fsp3) is 0. The number of para-hydroxylation sites is 1. The van der Waals surface area contributed by atoms with E-state index in [0.29, 0.717) is 0 Å². The fourth-order valence-electron chi connectivity index (χ4n) is 2.02. The summed E-state index contributed by atoms with van der Waals surface area (Å²) in [5.41, 5.74) is 2.85. The van der Waals surface area contributed by atoms with Crippen molar-refractivity contribution in [1.82, 2.24) is 4.98 Å². The highest BCUT2D eigenvalue weighted by molar-refractivity contribution is 5.98. The van der Waals surface area contributed by atoms with Gasteiger partial charge in [0.1, 0.15) is 0 Å². The number of aromatic hydroxyl groups is 1. The number of hydrogen-bond acceptors (Lipinski definition) is 1. The summed E-state index contributed by atoms with van der Waals surface area (Å²) in [7, 11) is 0. The molecule has 2 heteroatoms. The summed E-state index contributed by atoms with van der Waals surface area (Å²) in [5.74, 6) is 0.229. The Bertz CT molecular complexity index is 626. The summed E-state index contributed by atoms with van der Waals surface area (Å²) in [6, 6.07) is 17.8. The maximum Gasteiger partial charge on any atom is 0.197 e. The predicted molar refractivity (Wildman–Crippen MR) is 65.4 cm³/mol. The Morgan fingerprint density at radius 2 is 1.50 bits per heavy atom. The van der Waals surface area contributed by atoms with Gasteiger partial charge in [0.05, 0.1) is 5.56 Å². The number of nitrogens with one attached hydrogen (secondary N) is 1. The molecule has 0 bridgehead atoms. The first kappa shape index (κ1) is 9.04. The molecule has 0 amide bonds. The van der Waals surface area contributed by atoms with Gasteiger partial charge < -0.3 is 10.1 Å². The predicted octanol–water partition coefficient (Wildman–Crippen LogP) is 3.54. The van der Waals surface area contributed by atoms with Gasteiger partial charge in [-0.1, -0.05) is 48.5 Å². The highest BCUT2D eigenvalue weighted by Gasteiger charge is 2.11. The number of aromatic nitrogens is 1. The molecule has 0 aliphatic heterocycles. The van der Waals surface area contributed by atoms with Gasteiger partial charge >= 0.3 is 0 Å². The molecular weight excluding hydrogens is 198 g/mol. The maximum absolute atomic E-state index is 9.93. The Balaban J connectivity index is 2.35. The van der Waals surface area contributed by atoms with E-state index >= 15 is 0 Å². The van der Waals surface area contributed by atoms with Crippen LogP contribution in [0, 0.1) is 0 Å². The molecule has 0 aliphatic carbocycles. The topological polar surface area (TPSA) is 36.0 Å². The lowest BCUT2D eigenvalue weighted by Crippen LogP contribution is -1.74. The average Bonchev–Trinajstić information content (AvgIpc) is 2.66. The van der Waals surface area contributed by atoms with Gasteiger partial charge in [-0.05, 0) is 11.6 Å². The van der Waals surface area contributed by atoms with E-state index in [9.17, 15) is 5.11 Å². The van der Waals surface area contributed by atoms with Crippen molar-refractivity contribution in [1.29, 1.82) is 0 Å². The number of fused-ring (bicyclic) bond motifs is 1. The lowest BCUT2D eigenvalue weighted by molar-refractivity contribution is 0.460. The number of benzene rings is 2. The lowest BCUT2D eigenvalue weighted by atomic mass is 10.0. The van der Waals surface area contributed by atoms with Crippen LogP contribution in [-0.4, -0.2) is 10.1 Å². The molecule has 2 nitrogen and oxygen atoms in total. The van der Waals surface area contributed by atoms with E-state index in [1.165, 1.54) is 0 Å². The molecule has 0 radical (unpaired) electrons. The second kappa shape index (κ2) is 3.42. The molecule has 0 unspecified atom stereocenters. The van der Waals surface area contributed by atoms with Crippen LogP contribution in [0.5, 0.6) is 5.88 Å². The van der Waals surface area contributed by atoms with Crippen LogP contribution >= 0.6 is 0 Å². The third kappa shape index (κ3) is 1.27. The Labute approximate surface area is 93.2 Å². The molecule has 78 valence electrons. The smallest absolute Gasteiger partial charge is 0.197 e. The van der Waals surface area contributed by atoms with Gasteiger partial charge in [-0.25, -0.2) is 0 Å². The Hall–Kier alpha value is -2.22. The number of rotatable bonds is 1. The molecule has 2 aromatic carbocycles. The lowest BCUT2D eigenvalue weighted by Gasteiger charge is -1.99. The van der Waals surface area contributed by atoms with Gasteiger partial charge in [0.2, 0.25) is 0 Å². The van der Waals surface area contributed by atoms with Crippen molar-refractivity contribution in [3.8, 4) is 17.0 Å².